The van der Waals surface area contributed by atoms with Gasteiger partial charge in [-0.2, -0.15) is 5.26 Å². The van der Waals surface area contributed by atoms with Crippen LogP contribution in [0.5, 0.6) is 11.5 Å². The number of carbonyl (C=O) groups excluding carboxylic acids is 3. The normalized spacial score (nSPS) is 14.6. The number of imide groups is 2. The molecule has 174 valence electrons. The van der Waals surface area contributed by atoms with E-state index in [2.05, 4.69) is 11.9 Å². The molecule has 0 atom stereocenters. The zero-order valence-corrected chi connectivity index (χ0v) is 19.4. The number of ether oxygens (including phenoxy) is 2. The first kappa shape index (κ1) is 24.6. The average Bonchev–Trinajstić information content (AvgIpc) is 2.79. The summed E-state index contributed by atoms with van der Waals surface area (Å²) in [6.07, 6.45) is 3.42. The number of halogens is 1. The first-order chi connectivity index (χ1) is 16.3. The lowest BCUT2D eigenvalue weighted by Crippen LogP contribution is -2.54. The van der Waals surface area contributed by atoms with E-state index in [9.17, 15) is 14.4 Å². The van der Waals surface area contributed by atoms with Crippen LogP contribution in [0.3, 0.4) is 0 Å². The smallest absolute Gasteiger partial charge is 0.335 e. The van der Waals surface area contributed by atoms with E-state index < -0.39 is 17.8 Å². The third-order valence-corrected chi connectivity index (χ3v) is 5.33. The van der Waals surface area contributed by atoms with Crippen LogP contribution in [0.2, 0.25) is 5.02 Å². The Labute approximate surface area is 202 Å². The minimum Gasteiger partial charge on any atom is -0.490 e. The Bertz CT molecular complexity index is 1250. The van der Waals surface area contributed by atoms with Crippen LogP contribution in [0, 0.1) is 18.3 Å². The molecule has 1 heterocycles. The molecule has 0 bridgehead atoms. The number of rotatable bonds is 8. The van der Waals surface area contributed by atoms with Gasteiger partial charge in [0.1, 0.15) is 11.6 Å². The fourth-order valence-electron chi connectivity index (χ4n) is 3.38. The highest BCUT2D eigenvalue weighted by atomic mass is 35.5. The molecule has 0 radical (unpaired) electrons. The highest BCUT2D eigenvalue weighted by Crippen LogP contribution is 2.35. The number of nitrogens with zero attached hydrogens (tertiary/aromatic N) is 2. The minimum atomic E-state index is -0.866. The van der Waals surface area contributed by atoms with Crippen LogP contribution >= 0.6 is 11.6 Å². The standard InChI is InChI=1S/C25H22ClN3O5/c1-4-6-17-11-16(13-21(33-5-2)22(17)34-10-9-27)12-19-23(30)28-25(32)29(24(19)31)18-8-7-15(3)20(26)14-18/h4,7-8,11-14H,1,5-6,10H2,2-3H3,(H,28,30,32)/b19-12-. The van der Waals surface area contributed by atoms with Gasteiger partial charge >= 0.3 is 6.03 Å². The Kier molecular flexibility index (Phi) is 7.71. The van der Waals surface area contributed by atoms with E-state index in [4.69, 9.17) is 26.3 Å². The number of benzene rings is 2. The molecule has 4 amide bonds. The maximum absolute atomic E-state index is 13.2. The second-order valence-electron chi connectivity index (χ2n) is 7.27. The number of aryl methyl sites for hydroxylation is 1. The maximum atomic E-state index is 13.2. The summed E-state index contributed by atoms with van der Waals surface area (Å²) < 4.78 is 11.2. The van der Waals surface area contributed by atoms with E-state index in [-0.39, 0.29) is 17.9 Å². The second-order valence-corrected chi connectivity index (χ2v) is 7.68. The molecule has 2 aromatic rings. The minimum absolute atomic E-state index is 0.179. The van der Waals surface area contributed by atoms with Gasteiger partial charge in [-0.1, -0.05) is 23.7 Å². The van der Waals surface area contributed by atoms with Crippen LogP contribution in [-0.2, 0) is 16.0 Å². The number of barbiturate groups is 1. The topological polar surface area (TPSA) is 109 Å². The van der Waals surface area contributed by atoms with Crippen LogP contribution in [0.15, 0.2) is 48.6 Å². The van der Waals surface area contributed by atoms with Gasteiger partial charge in [0, 0.05) is 10.6 Å². The summed E-state index contributed by atoms with van der Waals surface area (Å²) in [4.78, 5) is 39.1. The Morgan fingerprint density at radius 2 is 1.97 bits per heavy atom. The summed E-state index contributed by atoms with van der Waals surface area (Å²) >= 11 is 6.16. The lowest BCUT2D eigenvalue weighted by molar-refractivity contribution is -0.122. The molecule has 8 nitrogen and oxygen atoms in total. The molecule has 1 aliphatic rings. The van der Waals surface area contributed by atoms with Crippen molar-refractivity contribution in [1.82, 2.24) is 5.32 Å². The van der Waals surface area contributed by atoms with E-state index in [1.807, 2.05) is 6.07 Å². The van der Waals surface area contributed by atoms with Gasteiger partial charge < -0.3 is 9.47 Å². The summed E-state index contributed by atoms with van der Waals surface area (Å²) in [6, 6.07) is 9.08. The number of carbonyl (C=O) groups is 3. The molecule has 34 heavy (non-hydrogen) atoms. The summed E-state index contributed by atoms with van der Waals surface area (Å²) in [6.45, 7) is 7.47. The number of nitrogens with one attached hydrogen (secondary N) is 1. The van der Waals surface area contributed by atoms with E-state index in [0.29, 0.717) is 40.7 Å². The molecule has 0 aliphatic carbocycles. The van der Waals surface area contributed by atoms with Gasteiger partial charge in [0.05, 0.1) is 12.3 Å². The van der Waals surface area contributed by atoms with Crippen molar-refractivity contribution in [3.63, 3.8) is 0 Å². The fourth-order valence-corrected chi connectivity index (χ4v) is 3.56. The van der Waals surface area contributed by atoms with Gasteiger partial charge in [0.2, 0.25) is 0 Å². The molecular formula is C25H22ClN3O5. The molecule has 1 N–H and O–H groups in total. The van der Waals surface area contributed by atoms with E-state index in [0.717, 1.165) is 10.5 Å². The molecule has 0 spiro atoms. The predicted octanol–water partition coefficient (Wildman–Crippen LogP) is 4.34. The van der Waals surface area contributed by atoms with Crippen molar-refractivity contribution in [2.24, 2.45) is 0 Å². The monoisotopic (exact) mass is 479 g/mol. The SMILES string of the molecule is C=CCc1cc(/C=C2/C(=O)NC(=O)N(c3ccc(C)c(Cl)c3)C2=O)cc(OCC)c1OCC#N. The molecule has 0 aromatic heterocycles. The molecule has 1 saturated heterocycles. The lowest BCUT2D eigenvalue weighted by Gasteiger charge is -2.26. The largest absolute Gasteiger partial charge is 0.490 e. The average molecular weight is 480 g/mol. The summed E-state index contributed by atoms with van der Waals surface area (Å²) in [5.74, 6) is -0.874. The molecule has 2 aromatic carbocycles. The van der Waals surface area contributed by atoms with Gasteiger partial charge in [-0.25, -0.2) is 9.69 Å². The third-order valence-electron chi connectivity index (χ3n) is 4.93. The van der Waals surface area contributed by atoms with Crippen molar-refractivity contribution in [2.45, 2.75) is 20.3 Å². The van der Waals surface area contributed by atoms with Crippen molar-refractivity contribution >= 4 is 41.2 Å². The van der Waals surface area contributed by atoms with Crippen molar-refractivity contribution in [3.05, 3.63) is 70.3 Å². The summed E-state index contributed by atoms with van der Waals surface area (Å²) in [5.41, 5.74) is 1.90. The van der Waals surface area contributed by atoms with Crippen molar-refractivity contribution < 1.29 is 23.9 Å². The van der Waals surface area contributed by atoms with Crippen LogP contribution in [0.1, 0.15) is 23.6 Å². The quantitative estimate of drug-likeness (QED) is 0.342. The molecule has 1 aliphatic heterocycles. The summed E-state index contributed by atoms with van der Waals surface area (Å²) in [7, 11) is 0. The second kappa shape index (κ2) is 10.7. The predicted molar refractivity (Wildman–Crippen MR) is 128 cm³/mol. The van der Waals surface area contributed by atoms with Gasteiger partial charge in [0.25, 0.3) is 11.8 Å². The first-order valence-electron chi connectivity index (χ1n) is 10.4. The Morgan fingerprint density at radius 3 is 2.62 bits per heavy atom. The van der Waals surface area contributed by atoms with Gasteiger partial charge in [-0.15, -0.1) is 6.58 Å². The number of amides is 4. The number of urea groups is 1. The van der Waals surface area contributed by atoms with Crippen molar-refractivity contribution in [2.75, 3.05) is 18.1 Å². The van der Waals surface area contributed by atoms with Gasteiger partial charge in [0.15, 0.2) is 18.1 Å². The Morgan fingerprint density at radius 1 is 1.21 bits per heavy atom. The molecule has 1 fully saturated rings. The molecular weight excluding hydrogens is 458 g/mol. The number of allylic oxidation sites excluding steroid dienone is 1. The zero-order valence-electron chi connectivity index (χ0n) is 18.7. The highest BCUT2D eigenvalue weighted by molar-refractivity contribution is 6.39. The maximum Gasteiger partial charge on any atom is 0.335 e. The van der Waals surface area contributed by atoms with Crippen molar-refractivity contribution in [3.8, 4) is 17.6 Å². The number of hydrogen-bond acceptors (Lipinski definition) is 6. The molecule has 3 rings (SSSR count). The fraction of sp³-hybridized carbons (Fsp3) is 0.200. The lowest BCUT2D eigenvalue weighted by atomic mass is 10.0. The number of hydrogen-bond donors (Lipinski definition) is 1. The van der Waals surface area contributed by atoms with Crippen molar-refractivity contribution in [1.29, 1.82) is 5.26 Å². The first-order valence-corrected chi connectivity index (χ1v) is 10.8. The number of nitriles is 1. The van der Waals surface area contributed by atoms with E-state index >= 15 is 0 Å². The molecule has 9 heteroatoms. The third kappa shape index (κ3) is 5.11. The van der Waals surface area contributed by atoms with Crippen LogP contribution in [0.4, 0.5) is 10.5 Å². The van der Waals surface area contributed by atoms with E-state index in [1.54, 1.807) is 44.2 Å². The molecule has 0 saturated carbocycles. The Balaban J connectivity index is 2.08. The van der Waals surface area contributed by atoms with Gasteiger partial charge in [-0.05, 0) is 61.7 Å². The van der Waals surface area contributed by atoms with Crippen LogP contribution in [-0.4, -0.2) is 31.1 Å². The van der Waals surface area contributed by atoms with Gasteiger partial charge in [-0.3, -0.25) is 14.9 Å². The summed E-state index contributed by atoms with van der Waals surface area (Å²) in [5, 5.41) is 11.5. The Hall–Kier alpha value is -4.09. The number of anilines is 1. The van der Waals surface area contributed by atoms with E-state index in [1.165, 1.54) is 12.1 Å². The van der Waals surface area contributed by atoms with Crippen LogP contribution in [0.25, 0.3) is 6.08 Å². The van der Waals surface area contributed by atoms with Crippen LogP contribution < -0.4 is 19.7 Å². The highest BCUT2D eigenvalue weighted by Gasteiger charge is 2.37. The zero-order chi connectivity index (χ0) is 24.8. The molecule has 0 unspecified atom stereocenters.